The molecule has 160 valence electrons. The smallest absolute Gasteiger partial charge is 0.339 e. The first-order valence-electron chi connectivity index (χ1n) is 9.00. The number of amides is 3. The number of carbonyl (C=O) groups is 3. The number of hydrogen-bond acceptors (Lipinski definition) is 3. The number of imide groups is 1. The highest BCUT2D eigenvalue weighted by atomic mass is 79.9. The lowest BCUT2D eigenvalue weighted by molar-refractivity contribution is -0.141. The Morgan fingerprint density at radius 3 is 2.47 bits per heavy atom. The summed E-state index contributed by atoms with van der Waals surface area (Å²) < 4.78 is 40.1. The Balaban J connectivity index is 1.85. The van der Waals surface area contributed by atoms with Crippen molar-refractivity contribution < 1.29 is 27.6 Å². The van der Waals surface area contributed by atoms with E-state index < -0.39 is 42.5 Å². The molecule has 1 aliphatic rings. The van der Waals surface area contributed by atoms with Gasteiger partial charge in [-0.05, 0) is 44.5 Å². The Morgan fingerprint density at radius 2 is 1.87 bits per heavy atom. The molecule has 1 unspecified atom stereocenters. The maximum Gasteiger partial charge on any atom is 0.406 e. The third kappa shape index (κ3) is 4.00. The summed E-state index contributed by atoms with van der Waals surface area (Å²) in [5, 5.41) is 2.60. The predicted octanol–water partition coefficient (Wildman–Crippen LogP) is 4.08. The molecule has 0 aliphatic carbocycles. The number of carbonyl (C=O) groups excluding carboxylic acids is 3. The third-order valence-electron chi connectivity index (χ3n) is 5.19. The van der Waals surface area contributed by atoms with Crippen LogP contribution in [-0.4, -0.2) is 39.9 Å². The minimum atomic E-state index is -4.44. The van der Waals surface area contributed by atoms with Gasteiger partial charge in [-0.3, -0.25) is 14.5 Å². The van der Waals surface area contributed by atoms with Crippen LogP contribution < -0.4 is 5.32 Å². The number of benzene rings is 1. The van der Waals surface area contributed by atoms with Crippen LogP contribution in [0.1, 0.15) is 34.2 Å². The molecule has 0 saturated carbocycles. The van der Waals surface area contributed by atoms with Gasteiger partial charge in [0.25, 0.3) is 5.91 Å². The molecule has 1 aromatic carbocycles. The number of hydrogen-bond donors (Lipinski definition) is 1. The molecular formula is C20H19BrF3N3O3. The van der Waals surface area contributed by atoms with Gasteiger partial charge in [-0.15, -0.1) is 0 Å². The van der Waals surface area contributed by atoms with Gasteiger partial charge in [0, 0.05) is 21.4 Å². The number of nitrogens with one attached hydrogen (secondary N) is 1. The number of aromatic nitrogens is 1. The van der Waals surface area contributed by atoms with Crippen LogP contribution in [0.15, 0.2) is 34.8 Å². The molecule has 1 aromatic heterocycles. The fraction of sp³-hybridized carbons (Fsp3) is 0.350. The molecule has 1 fully saturated rings. The molecule has 1 saturated heterocycles. The summed E-state index contributed by atoms with van der Waals surface area (Å²) in [7, 11) is 0. The van der Waals surface area contributed by atoms with Gasteiger partial charge in [0.15, 0.2) is 5.78 Å². The Kier molecular flexibility index (Phi) is 5.57. The second-order valence-electron chi connectivity index (χ2n) is 7.37. The summed E-state index contributed by atoms with van der Waals surface area (Å²) in [6, 6.07) is 7.46. The molecule has 1 aliphatic heterocycles. The van der Waals surface area contributed by atoms with E-state index in [9.17, 15) is 27.6 Å². The molecule has 3 amide bonds. The molecule has 6 nitrogen and oxygen atoms in total. The van der Waals surface area contributed by atoms with Gasteiger partial charge in [0.05, 0.1) is 6.54 Å². The summed E-state index contributed by atoms with van der Waals surface area (Å²) in [6.07, 6.45) is -4.44. The van der Waals surface area contributed by atoms with Crippen molar-refractivity contribution in [3.05, 3.63) is 57.3 Å². The lowest BCUT2D eigenvalue weighted by Crippen LogP contribution is -2.41. The van der Waals surface area contributed by atoms with Gasteiger partial charge in [-0.1, -0.05) is 28.1 Å². The minimum absolute atomic E-state index is 0.0495. The molecule has 0 spiro atoms. The van der Waals surface area contributed by atoms with Crippen LogP contribution in [-0.2, 0) is 16.9 Å². The Bertz CT molecular complexity index is 1050. The molecule has 3 rings (SSSR count). The number of ketones is 1. The molecule has 1 atom stereocenters. The normalized spacial score (nSPS) is 19.4. The summed E-state index contributed by atoms with van der Waals surface area (Å²) in [6.45, 7) is 2.62. The Hall–Kier alpha value is -2.62. The van der Waals surface area contributed by atoms with Crippen LogP contribution in [0.25, 0.3) is 0 Å². The standard InChI is InChI=1S/C20H19BrF3N3O3/c1-11-7-15(12(2)27(11)10-20(22,23)24)16(28)9-26-17(29)19(3,25-18(26)30)13-5-4-6-14(21)8-13/h4-8H,9-10H2,1-3H3,(H,25,30). The number of rotatable bonds is 5. The van der Waals surface area contributed by atoms with Crippen molar-refractivity contribution in [1.29, 1.82) is 0 Å². The van der Waals surface area contributed by atoms with Crippen LogP contribution in [0.4, 0.5) is 18.0 Å². The fourth-order valence-corrected chi connectivity index (χ4v) is 3.97. The van der Waals surface area contributed by atoms with Crippen molar-refractivity contribution in [2.75, 3.05) is 6.54 Å². The average Bonchev–Trinajstić information content (AvgIpc) is 3.03. The van der Waals surface area contributed by atoms with Gasteiger partial charge in [0.1, 0.15) is 12.1 Å². The highest BCUT2D eigenvalue weighted by molar-refractivity contribution is 9.10. The van der Waals surface area contributed by atoms with E-state index >= 15 is 0 Å². The summed E-state index contributed by atoms with van der Waals surface area (Å²) in [4.78, 5) is 39.0. The number of nitrogens with zero attached hydrogens (tertiary/aromatic N) is 2. The fourth-order valence-electron chi connectivity index (χ4n) is 3.57. The highest BCUT2D eigenvalue weighted by Gasteiger charge is 2.49. The van der Waals surface area contributed by atoms with E-state index in [2.05, 4.69) is 21.2 Å². The van der Waals surface area contributed by atoms with E-state index in [0.29, 0.717) is 5.56 Å². The van der Waals surface area contributed by atoms with Crippen molar-refractivity contribution in [3.8, 4) is 0 Å². The van der Waals surface area contributed by atoms with Crippen LogP contribution >= 0.6 is 15.9 Å². The SMILES string of the molecule is Cc1cc(C(=O)CN2C(=O)NC(C)(c3cccc(Br)c3)C2=O)c(C)n1CC(F)(F)F. The second kappa shape index (κ2) is 7.57. The number of Topliss-reactive ketones (excluding diaryl/α,β-unsaturated/α-hetero) is 1. The molecule has 0 radical (unpaired) electrons. The largest absolute Gasteiger partial charge is 0.406 e. The molecule has 0 bridgehead atoms. The van der Waals surface area contributed by atoms with E-state index in [1.54, 1.807) is 24.3 Å². The van der Waals surface area contributed by atoms with Gasteiger partial charge in [0.2, 0.25) is 0 Å². The topological polar surface area (TPSA) is 71.4 Å². The monoisotopic (exact) mass is 485 g/mol. The molecule has 2 heterocycles. The van der Waals surface area contributed by atoms with E-state index in [4.69, 9.17) is 0 Å². The lowest BCUT2D eigenvalue weighted by atomic mass is 9.92. The third-order valence-corrected chi connectivity index (χ3v) is 5.68. The van der Waals surface area contributed by atoms with Crippen molar-refractivity contribution in [3.63, 3.8) is 0 Å². The first-order chi connectivity index (χ1) is 13.8. The Labute approximate surface area is 179 Å². The summed E-state index contributed by atoms with van der Waals surface area (Å²) >= 11 is 3.32. The van der Waals surface area contributed by atoms with E-state index in [-0.39, 0.29) is 17.0 Å². The van der Waals surface area contributed by atoms with Gasteiger partial charge in [-0.2, -0.15) is 13.2 Å². The molecule has 30 heavy (non-hydrogen) atoms. The number of halogens is 4. The minimum Gasteiger partial charge on any atom is -0.339 e. The summed E-state index contributed by atoms with van der Waals surface area (Å²) in [5.74, 6) is -1.22. The second-order valence-corrected chi connectivity index (χ2v) is 8.28. The van der Waals surface area contributed by atoms with Gasteiger partial charge >= 0.3 is 12.2 Å². The van der Waals surface area contributed by atoms with Crippen LogP contribution in [0.5, 0.6) is 0 Å². The van der Waals surface area contributed by atoms with Crippen molar-refractivity contribution in [2.45, 2.75) is 39.0 Å². The predicted molar refractivity (Wildman–Crippen MR) is 106 cm³/mol. The zero-order valence-corrected chi connectivity index (χ0v) is 18.0. The van der Waals surface area contributed by atoms with E-state index in [1.165, 1.54) is 26.8 Å². The highest BCUT2D eigenvalue weighted by Crippen LogP contribution is 2.31. The van der Waals surface area contributed by atoms with Crippen molar-refractivity contribution >= 4 is 33.7 Å². The van der Waals surface area contributed by atoms with Gasteiger partial charge < -0.3 is 9.88 Å². The van der Waals surface area contributed by atoms with Crippen molar-refractivity contribution in [2.24, 2.45) is 0 Å². The first-order valence-corrected chi connectivity index (χ1v) is 9.79. The number of urea groups is 1. The molecule has 10 heteroatoms. The zero-order chi connectivity index (χ0) is 22.4. The van der Waals surface area contributed by atoms with Crippen LogP contribution in [0.2, 0.25) is 0 Å². The zero-order valence-electron chi connectivity index (χ0n) is 16.4. The van der Waals surface area contributed by atoms with E-state index in [0.717, 1.165) is 13.9 Å². The van der Waals surface area contributed by atoms with E-state index in [1.807, 2.05) is 0 Å². The molecular weight excluding hydrogens is 467 g/mol. The maximum atomic E-state index is 13.0. The maximum absolute atomic E-state index is 13.0. The number of aryl methyl sites for hydroxylation is 1. The van der Waals surface area contributed by atoms with Crippen LogP contribution in [0, 0.1) is 13.8 Å². The lowest BCUT2D eigenvalue weighted by Gasteiger charge is -2.22. The van der Waals surface area contributed by atoms with Crippen molar-refractivity contribution in [1.82, 2.24) is 14.8 Å². The van der Waals surface area contributed by atoms with Gasteiger partial charge in [-0.25, -0.2) is 4.79 Å². The molecule has 1 N–H and O–H groups in total. The first kappa shape index (κ1) is 22.1. The summed E-state index contributed by atoms with van der Waals surface area (Å²) in [5.41, 5.74) is -0.364. The Morgan fingerprint density at radius 1 is 1.20 bits per heavy atom. The quantitative estimate of drug-likeness (QED) is 0.512. The van der Waals surface area contributed by atoms with Crippen LogP contribution in [0.3, 0.4) is 0 Å². The average molecular weight is 486 g/mol. The number of alkyl halides is 3. The molecule has 2 aromatic rings.